The van der Waals surface area contributed by atoms with Crippen molar-refractivity contribution in [3.05, 3.63) is 0 Å². The maximum atomic E-state index is 5.64. The first kappa shape index (κ1) is 8.21. The highest BCUT2D eigenvalue weighted by atomic mass is 35.5. The summed E-state index contributed by atoms with van der Waals surface area (Å²) in [6.07, 6.45) is 2.20. The van der Waals surface area contributed by atoms with Crippen LogP contribution in [0.1, 0.15) is 19.8 Å². The van der Waals surface area contributed by atoms with E-state index in [0.717, 1.165) is 12.8 Å². The molecule has 4 N–H and O–H groups in total. The average molecular weight is 137 g/mol. The van der Waals surface area contributed by atoms with E-state index >= 15 is 0 Å². The van der Waals surface area contributed by atoms with Gasteiger partial charge in [0, 0.05) is 11.6 Å². The molecule has 0 aromatic heterocycles. The van der Waals surface area contributed by atoms with Gasteiger partial charge in [0.05, 0.1) is 0 Å². The SMILES string of the molecule is CC1(N)CCC1N.Cl. The molecule has 3 heteroatoms. The fraction of sp³-hybridized carbons (Fsp3) is 1.00. The topological polar surface area (TPSA) is 52.0 Å². The number of halogens is 1. The number of hydrogen-bond acceptors (Lipinski definition) is 2. The van der Waals surface area contributed by atoms with E-state index in [1.54, 1.807) is 0 Å². The first-order valence-corrected chi connectivity index (χ1v) is 2.67. The Morgan fingerprint density at radius 3 is 2.00 bits per heavy atom. The van der Waals surface area contributed by atoms with Crippen molar-refractivity contribution in [2.24, 2.45) is 11.5 Å². The zero-order valence-corrected chi connectivity index (χ0v) is 5.87. The van der Waals surface area contributed by atoms with Crippen LogP contribution in [0.15, 0.2) is 0 Å². The molecule has 2 atom stereocenters. The standard InChI is InChI=1S/C5H12N2.ClH/c1-5(7)3-2-4(5)6;/h4H,2-3,6-7H2,1H3;1H. The molecule has 0 bridgehead atoms. The molecular formula is C5H13ClN2. The maximum Gasteiger partial charge on any atom is 0.0279 e. The van der Waals surface area contributed by atoms with Crippen molar-refractivity contribution in [1.29, 1.82) is 0 Å². The van der Waals surface area contributed by atoms with Gasteiger partial charge in [0.25, 0.3) is 0 Å². The van der Waals surface area contributed by atoms with Gasteiger partial charge in [-0.2, -0.15) is 0 Å². The third-order valence-electron chi connectivity index (χ3n) is 1.84. The molecule has 0 aromatic rings. The van der Waals surface area contributed by atoms with Crippen molar-refractivity contribution in [2.75, 3.05) is 0 Å². The minimum Gasteiger partial charge on any atom is -0.326 e. The Morgan fingerprint density at radius 2 is 2.00 bits per heavy atom. The van der Waals surface area contributed by atoms with Crippen molar-refractivity contribution >= 4 is 12.4 Å². The molecular weight excluding hydrogens is 124 g/mol. The van der Waals surface area contributed by atoms with Crippen LogP contribution < -0.4 is 11.5 Å². The summed E-state index contributed by atoms with van der Waals surface area (Å²) in [5, 5.41) is 0. The summed E-state index contributed by atoms with van der Waals surface area (Å²) in [7, 11) is 0. The smallest absolute Gasteiger partial charge is 0.0279 e. The van der Waals surface area contributed by atoms with Gasteiger partial charge in [0.2, 0.25) is 0 Å². The van der Waals surface area contributed by atoms with Gasteiger partial charge in [0.15, 0.2) is 0 Å². The lowest BCUT2D eigenvalue weighted by atomic mass is 9.75. The van der Waals surface area contributed by atoms with Crippen molar-refractivity contribution in [3.63, 3.8) is 0 Å². The Morgan fingerprint density at radius 1 is 1.62 bits per heavy atom. The molecule has 0 saturated heterocycles. The molecule has 50 valence electrons. The van der Waals surface area contributed by atoms with E-state index in [9.17, 15) is 0 Å². The number of rotatable bonds is 0. The molecule has 0 aliphatic heterocycles. The van der Waals surface area contributed by atoms with Crippen LogP contribution in [0.2, 0.25) is 0 Å². The van der Waals surface area contributed by atoms with Crippen molar-refractivity contribution < 1.29 is 0 Å². The van der Waals surface area contributed by atoms with Crippen LogP contribution in [0.25, 0.3) is 0 Å². The molecule has 1 saturated carbocycles. The Labute approximate surface area is 56.0 Å². The lowest BCUT2D eigenvalue weighted by Crippen LogP contribution is -2.60. The molecule has 0 aromatic carbocycles. The average Bonchev–Trinajstić information content (AvgIpc) is 1.63. The monoisotopic (exact) mass is 136 g/mol. The van der Waals surface area contributed by atoms with Gasteiger partial charge >= 0.3 is 0 Å². The van der Waals surface area contributed by atoms with Crippen molar-refractivity contribution in [3.8, 4) is 0 Å². The first-order valence-electron chi connectivity index (χ1n) is 2.67. The first-order chi connectivity index (χ1) is 3.13. The van der Waals surface area contributed by atoms with Crippen molar-refractivity contribution in [1.82, 2.24) is 0 Å². The third kappa shape index (κ3) is 1.13. The zero-order chi connectivity index (χ0) is 5.49. The Balaban J connectivity index is 0.000000490. The second-order valence-electron chi connectivity index (χ2n) is 2.65. The van der Waals surface area contributed by atoms with Crippen LogP contribution in [-0.4, -0.2) is 11.6 Å². The molecule has 8 heavy (non-hydrogen) atoms. The van der Waals surface area contributed by atoms with Gasteiger partial charge in [0.1, 0.15) is 0 Å². The van der Waals surface area contributed by atoms with E-state index in [1.807, 2.05) is 6.92 Å². The van der Waals surface area contributed by atoms with E-state index in [0.29, 0.717) is 0 Å². The van der Waals surface area contributed by atoms with Crippen LogP contribution in [0.3, 0.4) is 0 Å². The van der Waals surface area contributed by atoms with Crippen LogP contribution >= 0.6 is 12.4 Å². The van der Waals surface area contributed by atoms with Gasteiger partial charge < -0.3 is 11.5 Å². The molecule has 0 radical (unpaired) electrons. The van der Waals surface area contributed by atoms with Gasteiger partial charge in [-0.15, -0.1) is 12.4 Å². The molecule has 0 amide bonds. The van der Waals surface area contributed by atoms with E-state index in [2.05, 4.69) is 0 Å². The molecule has 2 unspecified atom stereocenters. The highest BCUT2D eigenvalue weighted by molar-refractivity contribution is 5.85. The minimum atomic E-state index is -0.0417. The second-order valence-corrected chi connectivity index (χ2v) is 2.65. The Hall–Kier alpha value is 0.210. The fourth-order valence-electron chi connectivity index (χ4n) is 0.766. The summed E-state index contributed by atoms with van der Waals surface area (Å²) in [5.74, 6) is 0. The fourth-order valence-corrected chi connectivity index (χ4v) is 0.766. The quantitative estimate of drug-likeness (QED) is 0.502. The van der Waals surface area contributed by atoms with Crippen LogP contribution in [0, 0.1) is 0 Å². The largest absolute Gasteiger partial charge is 0.326 e. The predicted molar refractivity (Wildman–Crippen MR) is 37.0 cm³/mol. The summed E-state index contributed by atoms with van der Waals surface area (Å²) in [4.78, 5) is 0. The zero-order valence-electron chi connectivity index (χ0n) is 5.05. The van der Waals surface area contributed by atoms with E-state index < -0.39 is 0 Å². The minimum absolute atomic E-state index is 0. The van der Waals surface area contributed by atoms with Gasteiger partial charge in [-0.25, -0.2) is 0 Å². The highest BCUT2D eigenvalue weighted by Crippen LogP contribution is 2.26. The lowest BCUT2D eigenvalue weighted by molar-refractivity contribution is 0.223. The molecule has 2 nitrogen and oxygen atoms in total. The van der Waals surface area contributed by atoms with E-state index in [1.165, 1.54) is 0 Å². The second kappa shape index (κ2) is 2.21. The van der Waals surface area contributed by atoms with Crippen LogP contribution in [0.5, 0.6) is 0 Å². The van der Waals surface area contributed by atoms with Gasteiger partial charge in [-0.05, 0) is 19.8 Å². The number of nitrogens with two attached hydrogens (primary N) is 2. The summed E-state index contributed by atoms with van der Waals surface area (Å²) in [6.45, 7) is 2.00. The van der Waals surface area contributed by atoms with Gasteiger partial charge in [-0.1, -0.05) is 0 Å². The normalized spacial score (nSPS) is 44.6. The Kier molecular flexibility index (Phi) is 2.27. The summed E-state index contributed by atoms with van der Waals surface area (Å²) in [6, 6.07) is 0.257. The van der Waals surface area contributed by atoms with Crippen LogP contribution in [0.4, 0.5) is 0 Å². The van der Waals surface area contributed by atoms with E-state index in [4.69, 9.17) is 11.5 Å². The van der Waals surface area contributed by atoms with Gasteiger partial charge in [-0.3, -0.25) is 0 Å². The predicted octanol–water partition coefficient (Wildman–Crippen LogP) is 0.247. The lowest BCUT2D eigenvalue weighted by Gasteiger charge is -2.41. The maximum absolute atomic E-state index is 5.64. The molecule has 1 rings (SSSR count). The summed E-state index contributed by atoms with van der Waals surface area (Å²) < 4.78 is 0. The van der Waals surface area contributed by atoms with Crippen molar-refractivity contribution in [2.45, 2.75) is 31.3 Å². The third-order valence-corrected chi connectivity index (χ3v) is 1.84. The molecule has 0 heterocycles. The van der Waals surface area contributed by atoms with Crippen LogP contribution in [-0.2, 0) is 0 Å². The summed E-state index contributed by atoms with van der Waals surface area (Å²) >= 11 is 0. The molecule has 1 aliphatic rings. The highest BCUT2D eigenvalue weighted by Gasteiger charge is 2.35. The number of hydrogen-bond donors (Lipinski definition) is 2. The molecule has 1 aliphatic carbocycles. The Bertz CT molecular complexity index is 82.5. The van der Waals surface area contributed by atoms with E-state index in [-0.39, 0.29) is 24.0 Å². The molecule has 1 fully saturated rings. The molecule has 0 spiro atoms. The summed E-state index contributed by atoms with van der Waals surface area (Å²) in [5.41, 5.74) is 11.1.